The SMILES string of the molecule is CCCCCC/C=C\C/C=C\CCCCCCCC(=O)NC(COC1OC(CO)C(OC2OC(CO)C(OC3OC(CO)C(O)C(O)C3O)C(O)C2O)C(O)C1O)C(O)CCCCCCCCCCCCCCCCCCCCCCCCCCC. The Bertz CT molecular complexity index is 1660. The molecule has 3 heterocycles. The fraction of sp³-hybridized carbons (Fsp3) is 0.925. The highest BCUT2D eigenvalue weighted by molar-refractivity contribution is 5.76. The lowest BCUT2D eigenvalue weighted by molar-refractivity contribution is -0.379. The fourth-order valence-electron chi connectivity index (χ4n) is 11.9. The second-order valence-corrected chi connectivity index (χ2v) is 25.0. The van der Waals surface area contributed by atoms with Crippen molar-refractivity contribution in [1.29, 1.82) is 0 Å². The summed E-state index contributed by atoms with van der Waals surface area (Å²) < 4.78 is 34.4. The molecule has 3 rings (SSSR count). The van der Waals surface area contributed by atoms with Gasteiger partial charge in [0.25, 0.3) is 0 Å². The third-order valence-electron chi connectivity index (χ3n) is 17.5. The number of ether oxygens (including phenoxy) is 6. The number of aliphatic hydroxyl groups excluding tert-OH is 11. The fourth-order valence-corrected chi connectivity index (χ4v) is 11.9. The van der Waals surface area contributed by atoms with Crippen LogP contribution < -0.4 is 5.32 Å². The van der Waals surface area contributed by atoms with Gasteiger partial charge in [-0.1, -0.05) is 237 Å². The van der Waals surface area contributed by atoms with Crippen molar-refractivity contribution in [2.75, 3.05) is 26.4 Å². The van der Waals surface area contributed by atoms with Crippen molar-refractivity contribution in [3.63, 3.8) is 0 Å². The van der Waals surface area contributed by atoms with Gasteiger partial charge < -0.3 is 89.9 Å². The highest BCUT2D eigenvalue weighted by Crippen LogP contribution is 2.33. The van der Waals surface area contributed by atoms with E-state index in [1.165, 1.54) is 161 Å². The van der Waals surface area contributed by atoms with Crippen molar-refractivity contribution < 1.29 is 89.4 Å². The third kappa shape index (κ3) is 32.0. The van der Waals surface area contributed by atoms with Gasteiger partial charge in [0.15, 0.2) is 18.9 Å². The maximum absolute atomic E-state index is 13.4. The molecule has 3 aliphatic heterocycles. The van der Waals surface area contributed by atoms with Crippen molar-refractivity contribution in [2.24, 2.45) is 0 Å². The first-order valence-corrected chi connectivity index (χ1v) is 34.6. The Hall–Kier alpha value is -1.73. The third-order valence-corrected chi connectivity index (χ3v) is 17.5. The van der Waals surface area contributed by atoms with E-state index in [2.05, 4.69) is 43.5 Å². The van der Waals surface area contributed by atoms with Crippen molar-refractivity contribution in [3.05, 3.63) is 24.3 Å². The Morgan fingerprint density at radius 3 is 1.20 bits per heavy atom. The minimum Gasteiger partial charge on any atom is -0.394 e. The first-order chi connectivity index (χ1) is 41.8. The molecular formula is C67H125NO18. The molecule has 3 aliphatic rings. The van der Waals surface area contributed by atoms with Gasteiger partial charge in [0.2, 0.25) is 5.91 Å². The lowest BCUT2D eigenvalue weighted by Gasteiger charge is -2.48. The molecule has 86 heavy (non-hydrogen) atoms. The van der Waals surface area contributed by atoms with E-state index in [0.717, 1.165) is 70.6 Å². The smallest absolute Gasteiger partial charge is 0.220 e. The van der Waals surface area contributed by atoms with Gasteiger partial charge in [-0.25, -0.2) is 0 Å². The van der Waals surface area contributed by atoms with Crippen LogP contribution in [-0.4, -0.2) is 193 Å². The molecule has 506 valence electrons. The van der Waals surface area contributed by atoms with Crippen LogP contribution in [0.5, 0.6) is 0 Å². The maximum Gasteiger partial charge on any atom is 0.220 e. The predicted molar refractivity (Wildman–Crippen MR) is 333 cm³/mol. The topological polar surface area (TPSA) is 307 Å². The standard InChI is InChI=1S/C67H125NO18/c1-3-5-7-9-11-13-15-17-19-21-22-23-24-25-26-27-28-29-30-32-34-36-38-40-42-44-51(72)50(68-55(73)45-43-41-39-37-35-33-31-20-18-16-14-12-10-8-6-4-2)49-81-65-61(79)58(76)63(53(47-70)83-65)86-67-62(80)59(77)64(54(48-71)84-67)85-66-60(78)57(75)56(74)52(46-69)82-66/h14,16,20,31,50-54,56-67,69-72,74-80H,3-13,15,17-19,21-30,32-49H2,1-2H3,(H,68,73)/b16-14-,31-20-. The summed E-state index contributed by atoms with van der Waals surface area (Å²) in [6, 6.07) is -0.894. The Morgan fingerprint density at radius 1 is 0.419 bits per heavy atom. The minimum atomic E-state index is -1.97. The van der Waals surface area contributed by atoms with E-state index in [9.17, 15) is 61.0 Å². The summed E-state index contributed by atoms with van der Waals surface area (Å²) in [7, 11) is 0. The summed E-state index contributed by atoms with van der Waals surface area (Å²) in [6.07, 6.45) is 28.3. The average molecular weight is 1230 g/mol. The number of carbonyl (C=O) groups excluding carboxylic acids is 1. The van der Waals surface area contributed by atoms with Crippen LogP contribution in [0.3, 0.4) is 0 Å². The second kappa shape index (κ2) is 49.9. The van der Waals surface area contributed by atoms with E-state index in [1.807, 2.05) is 0 Å². The number of aliphatic hydroxyl groups is 11. The number of hydrogen-bond donors (Lipinski definition) is 12. The molecule has 0 aromatic heterocycles. The molecule has 0 aliphatic carbocycles. The molecule has 0 saturated carbocycles. The molecule has 0 aromatic rings. The number of amides is 1. The second-order valence-electron chi connectivity index (χ2n) is 25.0. The first kappa shape index (κ1) is 78.5. The normalized spacial score (nSPS) is 28.9. The number of nitrogens with one attached hydrogen (secondary N) is 1. The van der Waals surface area contributed by atoms with Crippen LogP contribution in [-0.2, 0) is 33.2 Å². The van der Waals surface area contributed by atoms with E-state index >= 15 is 0 Å². The molecule has 3 fully saturated rings. The van der Waals surface area contributed by atoms with Crippen LogP contribution in [0, 0.1) is 0 Å². The monoisotopic (exact) mass is 1230 g/mol. The molecule has 0 spiro atoms. The lowest BCUT2D eigenvalue weighted by atomic mass is 9.96. The van der Waals surface area contributed by atoms with Crippen LogP contribution >= 0.6 is 0 Å². The zero-order chi connectivity index (χ0) is 62.6. The van der Waals surface area contributed by atoms with Crippen molar-refractivity contribution in [1.82, 2.24) is 5.32 Å². The van der Waals surface area contributed by atoms with Gasteiger partial charge in [-0.3, -0.25) is 4.79 Å². The number of rotatable bonds is 53. The molecular weight excluding hydrogens is 1110 g/mol. The van der Waals surface area contributed by atoms with Crippen LogP contribution in [0.15, 0.2) is 24.3 Å². The van der Waals surface area contributed by atoms with Gasteiger partial charge in [0.1, 0.15) is 73.2 Å². The van der Waals surface area contributed by atoms with Gasteiger partial charge in [-0.15, -0.1) is 0 Å². The van der Waals surface area contributed by atoms with Crippen molar-refractivity contribution in [3.8, 4) is 0 Å². The molecule has 19 nitrogen and oxygen atoms in total. The summed E-state index contributed by atoms with van der Waals surface area (Å²) in [6.45, 7) is 1.79. The molecule has 17 atom stereocenters. The quantitative estimate of drug-likeness (QED) is 0.0200. The molecule has 0 radical (unpaired) electrons. The molecule has 12 N–H and O–H groups in total. The maximum atomic E-state index is 13.4. The lowest BCUT2D eigenvalue weighted by Crippen LogP contribution is -2.66. The summed E-state index contributed by atoms with van der Waals surface area (Å²) in [5.74, 6) is -0.254. The van der Waals surface area contributed by atoms with E-state index in [1.54, 1.807) is 0 Å². The molecule has 1 amide bonds. The summed E-state index contributed by atoms with van der Waals surface area (Å²) in [4.78, 5) is 13.4. The summed E-state index contributed by atoms with van der Waals surface area (Å²) in [5.41, 5.74) is 0. The number of hydrogen-bond acceptors (Lipinski definition) is 18. The van der Waals surface area contributed by atoms with Gasteiger partial charge in [-0.2, -0.15) is 0 Å². The molecule has 0 bridgehead atoms. The summed E-state index contributed by atoms with van der Waals surface area (Å²) >= 11 is 0. The Morgan fingerprint density at radius 2 is 0.767 bits per heavy atom. The van der Waals surface area contributed by atoms with Crippen LogP contribution in [0.1, 0.15) is 264 Å². The van der Waals surface area contributed by atoms with Crippen LogP contribution in [0.25, 0.3) is 0 Å². The van der Waals surface area contributed by atoms with Crippen LogP contribution in [0.2, 0.25) is 0 Å². The van der Waals surface area contributed by atoms with E-state index < -0.39 is 124 Å². The molecule has 0 aromatic carbocycles. The largest absolute Gasteiger partial charge is 0.394 e. The minimum absolute atomic E-state index is 0.252. The van der Waals surface area contributed by atoms with Gasteiger partial charge in [-0.05, 0) is 44.9 Å². The molecule has 3 saturated heterocycles. The Kier molecular flexibility index (Phi) is 45.6. The van der Waals surface area contributed by atoms with Crippen molar-refractivity contribution in [2.45, 2.75) is 369 Å². The average Bonchev–Trinajstić information content (AvgIpc) is 2.32. The van der Waals surface area contributed by atoms with Gasteiger partial charge >= 0.3 is 0 Å². The summed E-state index contributed by atoms with van der Waals surface area (Å²) in [5, 5.41) is 121. The van der Waals surface area contributed by atoms with E-state index in [4.69, 9.17) is 28.4 Å². The highest BCUT2D eigenvalue weighted by Gasteiger charge is 2.53. The number of unbranched alkanes of at least 4 members (excludes halogenated alkanes) is 33. The van der Waals surface area contributed by atoms with Gasteiger partial charge in [0, 0.05) is 6.42 Å². The van der Waals surface area contributed by atoms with Crippen LogP contribution in [0.4, 0.5) is 0 Å². The first-order valence-electron chi connectivity index (χ1n) is 34.6. The zero-order valence-electron chi connectivity index (χ0n) is 53.3. The van der Waals surface area contributed by atoms with E-state index in [-0.39, 0.29) is 18.9 Å². The van der Waals surface area contributed by atoms with Gasteiger partial charge in [0.05, 0.1) is 38.6 Å². The Labute approximate surface area is 518 Å². The van der Waals surface area contributed by atoms with E-state index in [0.29, 0.717) is 12.8 Å². The number of carbonyl (C=O) groups is 1. The Balaban J connectivity index is 1.43. The zero-order valence-corrected chi connectivity index (χ0v) is 53.3. The van der Waals surface area contributed by atoms with Crippen molar-refractivity contribution >= 4 is 5.91 Å². The number of allylic oxidation sites excluding steroid dienone is 4. The molecule has 17 unspecified atom stereocenters. The molecule has 19 heteroatoms. The highest BCUT2D eigenvalue weighted by atomic mass is 16.8. The predicted octanol–water partition coefficient (Wildman–Crippen LogP) is 8.66.